The van der Waals surface area contributed by atoms with E-state index in [1.165, 1.54) is 12.1 Å². The van der Waals surface area contributed by atoms with Crippen LogP contribution in [0.15, 0.2) is 30.3 Å². The van der Waals surface area contributed by atoms with Crippen molar-refractivity contribution in [2.45, 2.75) is 31.8 Å². The topological polar surface area (TPSA) is 58.5 Å². The summed E-state index contributed by atoms with van der Waals surface area (Å²) in [5, 5.41) is 10.8. The molecule has 1 aliphatic rings. The first-order valence-corrected chi connectivity index (χ1v) is 8.09. The molecule has 2 aromatic rings. The molecule has 5 nitrogen and oxygen atoms in total. The predicted molar refractivity (Wildman–Crippen MR) is 89.8 cm³/mol. The van der Waals surface area contributed by atoms with Gasteiger partial charge in [0.25, 0.3) is 0 Å². The van der Waals surface area contributed by atoms with Gasteiger partial charge in [-0.2, -0.15) is 4.98 Å². The number of aliphatic hydroxyl groups is 1. The summed E-state index contributed by atoms with van der Waals surface area (Å²) in [5.74, 6) is 0.895. The van der Waals surface area contributed by atoms with E-state index >= 15 is 0 Å². The molecule has 128 valence electrons. The first kappa shape index (κ1) is 16.6. The van der Waals surface area contributed by atoms with Crippen molar-refractivity contribution in [2.75, 3.05) is 25.1 Å². The summed E-state index contributed by atoms with van der Waals surface area (Å²) < 4.78 is 18.5. The zero-order valence-electron chi connectivity index (χ0n) is 14.0. The molecule has 1 aromatic carbocycles. The van der Waals surface area contributed by atoms with Gasteiger partial charge in [-0.05, 0) is 37.5 Å². The number of rotatable bonds is 4. The maximum absolute atomic E-state index is 13.3. The number of anilines is 1. The van der Waals surface area contributed by atoms with Crippen LogP contribution in [0, 0.1) is 12.7 Å². The van der Waals surface area contributed by atoms with Crippen molar-refractivity contribution in [1.29, 1.82) is 0 Å². The van der Waals surface area contributed by atoms with Crippen LogP contribution in [-0.4, -0.2) is 40.9 Å². The fraction of sp³-hybridized carbons (Fsp3) is 0.444. The van der Waals surface area contributed by atoms with Crippen LogP contribution in [0.2, 0.25) is 0 Å². The van der Waals surface area contributed by atoms with Crippen LogP contribution in [0.25, 0.3) is 0 Å². The predicted octanol–water partition coefficient (Wildman–Crippen LogP) is 2.51. The molecule has 0 radical (unpaired) electrons. The Labute approximate surface area is 141 Å². The van der Waals surface area contributed by atoms with Crippen molar-refractivity contribution >= 4 is 5.95 Å². The van der Waals surface area contributed by atoms with E-state index < -0.39 is 5.60 Å². The van der Waals surface area contributed by atoms with Crippen LogP contribution in [0.4, 0.5) is 10.3 Å². The zero-order chi connectivity index (χ0) is 17.2. The third kappa shape index (κ3) is 3.82. The van der Waals surface area contributed by atoms with E-state index in [0.29, 0.717) is 44.2 Å². The molecule has 0 amide bonds. The summed E-state index contributed by atoms with van der Waals surface area (Å²) in [4.78, 5) is 10.9. The highest BCUT2D eigenvalue weighted by molar-refractivity contribution is 5.35. The van der Waals surface area contributed by atoms with Gasteiger partial charge >= 0.3 is 0 Å². The maximum atomic E-state index is 13.3. The average Bonchev–Trinajstić information content (AvgIpc) is 2.54. The molecule has 1 fully saturated rings. The molecule has 1 saturated heterocycles. The summed E-state index contributed by atoms with van der Waals surface area (Å²) in [6, 6.07) is 8.21. The number of hydrogen-bond donors (Lipinski definition) is 1. The second kappa shape index (κ2) is 6.73. The fourth-order valence-corrected chi connectivity index (χ4v) is 3.10. The first-order chi connectivity index (χ1) is 11.5. The standard InChI is InChI=1S/C18H22FN3O2/c1-13-10-16(24-2)21-17(20-13)22-8-6-18(23,7-9-22)12-14-4-3-5-15(19)11-14/h3-5,10-11,23H,6-9,12H2,1-2H3. The largest absolute Gasteiger partial charge is 0.481 e. The Balaban J connectivity index is 1.67. The van der Waals surface area contributed by atoms with Gasteiger partial charge < -0.3 is 14.7 Å². The van der Waals surface area contributed by atoms with E-state index in [1.54, 1.807) is 19.2 Å². The number of aryl methyl sites for hydroxylation is 1. The number of methoxy groups -OCH3 is 1. The Hall–Kier alpha value is -2.21. The molecule has 0 aliphatic carbocycles. The second-order valence-electron chi connectivity index (χ2n) is 6.37. The number of halogens is 1. The highest BCUT2D eigenvalue weighted by atomic mass is 19.1. The Kier molecular flexibility index (Phi) is 4.66. The fourth-order valence-electron chi connectivity index (χ4n) is 3.10. The molecule has 0 bridgehead atoms. The van der Waals surface area contributed by atoms with Crippen molar-refractivity contribution in [3.8, 4) is 5.88 Å². The molecule has 1 aliphatic heterocycles. The summed E-state index contributed by atoms with van der Waals surface area (Å²) in [5.41, 5.74) is 0.843. The van der Waals surface area contributed by atoms with E-state index in [0.717, 1.165) is 11.3 Å². The summed E-state index contributed by atoms with van der Waals surface area (Å²) in [6.07, 6.45) is 1.63. The smallest absolute Gasteiger partial charge is 0.228 e. The number of piperidine rings is 1. The van der Waals surface area contributed by atoms with Crippen LogP contribution in [-0.2, 0) is 6.42 Å². The highest BCUT2D eigenvalue weighted by Crippen LogP contribution is 2.29. The third-order valence-corrected chi connectivity index (χ3v) is 4.43. The normalized spacial score (nSPS) is 16.9. The maximum Gasteiger partial charge on any atom is 0.228 e. The molecule has 6 heteroatoms. The van der Waals surface area contributed by atoms with Crippen molar-refractivity contribution in [3.05, 3.63) is 47.4 Å². The number of aromatic nitrogens is 2. The Morgan fingerprint density at radius 1 is 1.25 bits per heavy atom. The summed E-state index contributed by atoms with van der Waals surface area (Å²) in [7, 11) is 1.58. The molecule has 1 aromatic heterocycles. The number of hydrogen-bond acceptors (Lipinski definition) is 5. The Morgan fingerprint density at radius 3 is 2.67 bits per heavy atom. The lowest BCUT2D eigenvalue weighted by Gasteiger charge is -2.38. The minimum Gasteiger partial charge on any atom is -0.481 e. The van der Waals surface area contributed by atoms with Crippen LogP contribution < -0.4 is 9.64 Å². The van der Waals surface area contributed by atoms with Gasteiger partial charge in [0.05, 0.1) is 12.7 Å². The van der Waals surface area contributed by atoms with Crippen LogP contribution in [0.5, 0.6) is 5.88 Å². The molecular formula is C18H22FN3O2. The monoisotopic (exact) mass is 331 g/mol. The third-order valence-electron chi connectivity index (χ3n) is 4.43. The average molecular weight is 331 g/mol. The van der Waals surface area contributed by atoms with Gasteiger partial charge in [0.1, 0.15) is 5.82 Å². The minimum atomic E-state index is -0.821. The molecule has 2 heterocycles. The molecule has 0 spiro atoms. The first-order valence-electron chi connectivity index (χ1n) is 8.09. The van der Waals surface area contributed by atoms with Crippen molar-refractivity contribution in [2.24, 2.45) is 0 Å². The Morgan fingerprint density at radius 2 is 2.00 bits per heavy atom. The second-order valence-corrected chi connectivity index (χ2v) is 6.37. The van der Waals surface area contributed by atoms with E-state index in [1.807, 2.05) is 13.0 Å². The molecule has 24 heavy (non-hydrogen) atoms. The van der Waals surface area contributed by atoms with Gasteiger partial charge in [-0.25, -0.2) is 9.37 Å². The van der Waals surface area contributed by atoms with Crippen LogP contribution in [0.3, 0.4) is 0 Å². The lowest BCUT2D eigenvalue weighted by atomic mass is 9.85. The van der Waals surface area contributed by atoms with Gasteiger partial charge in [0.15, 0.2) is 0 Å². The van der Waals surface area contributed by atoms with E-state index in [-0.39, 0.29) is 5.82 Å². The molecule has 0 atom stereocenters. The highest BCUT2D eigenvalue weighted by Gasteiger charge is 2.33. The lowest BCUT2D eigenvalue weighted by molar-refractivity contribution is 0.0162. The van der Waals surface area contributed by atoms with E-state index in [4.69, 9.17) is 4.74 Å². The van der Waals surface area contributed by atoms with Crippen molar-refractivity contribution in [1.82, 2.24) is 9.97 Å². The van der Waals surface area contributed by atoms with Gasteiger partial charge in [-0.15, -0.1) is 0 Å². The number of nitrogens with zero attached hydrogens (tertiary/aromatic N) is 3. The summed E-state index contributed by atoms with van der Waals surface area (Å²) in [6.45, 7) is 3.20. The van der Waals surface area contributed by atoms with E-state index in [2.05, 4.69) is 14.9 Å². The van der Waals surface area contributed by atoms with Gasteiger partial charge in [-0.1, -0.05) is 12.1 Å². The van der Waals surface area contributed by atoms with Crippen LogP contribution in [0.1, 0.15) is 24.1 Å². The lowest BCUT2D eigenvalue weighted by Crippen LogP contribution is -2.46. The molecule has 1 N–H and O–H groups in total. The van der Waals surface area contributed by atoms with Gasteiger partial charge in [0.2, 0.25) is 11.8 Å². The van der Waals surface area contributed by atoms with Gasteiger partial charge in [0, 0.05) is 31.3 Å². The quantitative estimate of drug-likeness (QED) is 0.933. The minimum absolute atomic E-state index is 0.270. The summed E-state index contributed by atoms with van der Waals surface area (Å²) >= 11 is 0. The Bertz CT molecular complexity index is 715. The van der Waals surface area contributed by atoms with Crippen LogP contribution >= 0.6 is 0 Å². The van der Waals surface area contributed by atoms with Crippen molar-refractivity contribution in [3.63, 3.8) is 0 Å². The molecule has 3 rings (SSSR count). The number of benzene rings is 1. The molecule has 0 unspecified atom stereocenters. The zero-order valence-corrected chi connectivity index (χ0v) is 14.0. The molecular weight excluding hydrogens is 309 g/mol. The van der Waals surface area contributed by atoms with Crippen molar-refractivity contribution < 1.29 is 14.2 Å². The number of ether oxygens (including phenoxy) is 1. The van der Waals surface area contributed by atoms with E-state index in [9.17, 15) is 9.50 Å². The SMILES string of the molecule is COc1cc(C)nc(N2CCC(O)(Cc3cccc(F)c3)CC2)n1. The molecule has 0 saturated carbocycles. The van der Waals surface area contributed by atoms with Gasteiger partial charge in [-0.3, -0.25) is 0 Å².